The predicted molar refractivity (Wildman–Crippen MR) is 116 cm³/mol. The van der Waals surface area contributed by atoms with Crippen LogP contribution in [0.4, 0.5) is 10.5 Å². The van der Waals surface area contributed by atoms with Crippen LogP contribution in [0.5, 0.6) is 11.5 Å². The Morgan fingerprint density at radius 2 is 1.87 bits per heavy atom. The first kappa shape index (κ1) is 21.2. The van der Waals surface area contributed by atoms with Gasteiger partial charge in [-0.1, -0.05) is 18.2 Å². The van der Waals surface area contributed by atoms with E-state index < -0.39 is 6.04 Å². The second-order valence-electron chi connectivity index (χ2n) is 7.19. The van der Waals surface area contributed by atoms with Crippen LogP contribution in [-0.2, 0) is 4.79 Å². The van der Waals surface area contributed by atoms with Crippen molar-refractivity contribution in [3.8, 4) is 11.5 Å². The van der Waals surface area contributed by atoms with Crippen LogP contribution in [0, 0.1) is 13.8 Å². The fourth-order valence-electron chi connectivity index (χ4n) is 3.44. The number of benzene rings is 2. The molecular formula is C23H27N3O4. The Balaban J connectivity index is 1.98. The Bertz CT molecular complexity index is 1010. The maximum atomic E-state index is 13.2. The lowest BCUT2D eigenvalue weighted by Crippen LogP contribution is -2.46. The van der Waals surface area contributed by atoms with Crippen molar-refractivity contribution in [2.24, 2.45) is 0 Å². The molecule has 1 heterocycles. The Morgan fingerprint density at radius 3 is 2.57 bits per heavy atom. The first-order valence-corrected chi connectivity index (χ1v) is 9.81. The number of aryl methyl sites for hydroxylation is 2. The van der Waals surface area contributed by atoms with E-state index >= 15 is 0 Å². The van der Waals surface area contributed by atoms with Crippen LogP contribution in [0.2, 0.25) is 0 Å². The summed E-state index contributed by atoms with van der Waals surface area (Å²) in [5.74, 6) is 0.853. The van der Waals surface area contributed by atoms with Crippen molar-refractivity contribution in [2.75, 3.05) is 19.0 Å². The van der Waals surface area contributed by atoms with Crippen molar-refractivity contribution in [1.82, 2.24) is 10.6 Å². The van der Waals surface area contributed by atoms with Gasteiger partial charge >= 0.3 is 6.03 Å². The van der Waals surface area contributed by atoms with Crippen LogP contribution < -0.4 is 25.4 Å². The van der Waals surface area contributed by atoms with E-state index in [4.69, 9.17) is 9.47 Å². The van der Waals surface area contributed by atoms with Crippen LogP contribution in [0.1, 0.15) is 36.6 Å². The van der Waals surface area contributed by atoms with E-state index in [1.54, 1.807) is 26.2 Å². The molecule has 2 aromatic carbocycles. The standard InChI is InChI=1S/C23H27N3O4/c1-6-30-18-10-9-16(12-19(18)29-5)21-20(15(4)24-23(28)26-21)22(27)25-17-11-13(2)7-8-14(17)3/h7-12,21H,6H2,1-5H3,(H,25,27)(H2,24,26,28)/t21-/m0/s1. The average Bonchev–Trinajstić information content (AvgIpc) is 2.70. The zero-order chi connectivity index (χ0) is 21.8. The van der Waals surface area contributed by atoms with E-state index in [0.29, 0.717) is 29.4 Å². The van der Waals surface area contributed by atoms with Crippen LogP contribution in [0.3, 0.4) is 0 Å². The highest BCUT2D eigenvalue weighted by Crippen LogP contribution is 2.34. The number of ether oxygens (including phenoxy) is 2. The summed E-state index contributed by atoms with van der Waals surface area (Å²) in [6.45, 7) is 8.02. The first-order chi connectivity index (χ1) is 14.3. The number of anilines is 1. The molecule has 158 valence electrons. The fourth-order valence-corrected chi connectivity index (χ4v) is 3.44. The molecule has 3 rings (SSSR count). The van der Waals surface area contributed by atoms with Gasteiger partial charge in [0.05, 0.1) is 25.3 Å². The smallest absolute Gasteiger partial charge is 0.319 e. The average molecular weight is 409 g/mol. The molecule has 30 heavy (non-hydrogen) atoms. The van der Waals surface area contributed by atoms with Crippen LogP contribution in [0.15, 0.2) is 47.7 Å². The number of urea groups is 1. The molecule has 0 spiro atoms. The van der Waals surface area contributed by atoms with Gasteiger partial charge in [-0.25, -0.2) is 4.79 Å². The monoisotopic (exact) mass is 409 g/mol. The van der Waals surface area contributed by atoms with Crippen molar-refractivity contribution in [3.05, 3.63) is 64.4 Å². The summed E-state index contributed by atoms with van der Waals surface area (Å²) in [7, 11) is 1.55. The van der Waals surface area contributed by atoms with Gasteiger partial charge in [-0.15, -0.1) is 0 Å². The van der Waals surface area contributed by atoms with Gasteiger partial charge in [0, 0.05) is 11.4 Å². The van der Waals surface area contributed by atoms with Crippen molar-refractivity contribution >= 4 is 17.6 Å². The molecule has 0 saturated heterocycles. The lowest BCUT2D eigenvalue weighted by atomic mass is 9.94. The minimum Gasteiger partial charge on any atom is -0.493 e. The molecule has 1 atom stereocenters. The SMILES string of the molecule is CCOc1ccc([C@@H]2NC(=O)NC(C)=C2C(=O)Nc2cc(C)ccc2C)cc1OC. The third-order valence-corrected chi connectivity index (χ3v) is 4.98. The Hall–Kier alpha value is -3.48. The third-order valence-electron chi connectivity index (χ3n) is 4.98. The summed E-state index contributed by atoms with van der Waals surface area (Å²) in [4.78, 5) is 25.4. The first-order valence-electron chi connectivity index (χ1n) is 9.81. The fraction of sp³-hybridized carbons (Fsp3) is 0.304. The lowest BCUT2D eigenvalue weighted by Gasteiger charge is -2.29. The van der Waals surface area contributed by atoms with Gasteiger partial charge < -0.3 is 25.4 Å². The highest BCUT2D eigenvalue weighted by molar-refractivity contribution is 6.07. The van der Waals surface area contributed by atoms with Gasteiger partial charge in [0.25, 0.3) is 5.91 Å². The van der Waals surface area contributed by atoms with Crippen molar-refractivity contribution in [2.45, 2.75) is 33.7 Å². The van der Waals surface area contributed by atoms with Crippen LogP contribution >= 0.6 is 0 Å². The van der Waals surface area contributed by atoms with Gasteiger partial charge in [0.2, 0.25) is 0 Å². The number of methoxy groups -OCH3 is 1. The van der Waals surface area contributed by atoms with E-state index in [9.17, 15) is 9.59 Å². The molecule has 1 aliphatic heterocycles. The van der Waals surface area contributed by atoms with Crippen LogP contribution in [-0.4, -0.2) is 25.7 Å². The molecule has 0 aliphatic carbocycles. The van der Waals surface area contributed by atoms with E-state index in [1.807, 2.05) is 45.0 Å². The van der Waals surface area contributed by atoms with E-state index in [-0.39, 0.29) is 11.9 Å². The molecular weight excluding hydrogens is 382 g/mol. The highest BCUT2D eigenvalue weighted by Gasteiger charge is 2.32. The number of hydrogen-bond donors (Lipinski definition) is 3. The van der Waals surface area contributed by atoms with Gasteiger partial charge in [0.1, 0.15) is 0 Å². The highest BCUT2D eigenvalue weighted by atomic mass is 16.5. The predicted octanol–water partition coefficient (Wildman–Crippen LogP) is 3.98. The van der Waals surface area contributed by atoms with Gasteiger partial charge in [0.15, 0.2) is 11.5 Å². The molecule has 3 amide bonds. The zero-order valence-corrected chi connectivity index (χ0v) is 17.9. The molecule has 7 nitrogen and oxygen atoms in total. The number of nitrogens with one attached hydrogen (secondary N) is 3. The maximum Gasteiger partial charge on any atom is 0.319 e. The minimum atomic E-state index is -0.631. The Morgan fingerprint density at radius 1 is 1.10 bits per heavy atom. The van der Waals surface area contributed by atoms with Gasteiger partial charge in [-0.05, 0) is 62.6 Å². The number of allylic oxidation sites excluding steroid dienone is 1. The van der Waals surface area contributed by atoms with Crippen molar-refractivity contribution < 1.29 is 19.1 Å². The summed E-state index contributed by atoms with van der Waals surface area (Å²) in [6.07, 6.45) is 0. The second-order valence-corrected chi connectivity index (χ2v) is 7.19. The molecule has 0 fully saturated rings. The topological polar surface area (TPSA) is 88.7 Å². The summed E-state index contributed by atoms with van der Waals surface area (Å²) in [5.41, 5.74) is 4.39. The van der Waals surface area contributed by atoms with Crippen molar-refractivity contribution in [1.29, 1.82) is 0 Å². The van der Waals surface area contributed by atoms with E-state index in [1.165, 1.54) is 0 Å². The van der Waals surface area contributed by atoms with Crippen LogP contribution in [0.25, 0.3) is 0 Å². The Labute approximate surface area is 176 Å². The third kappa shape index (κ3) is 4.40. The number of hydrogen-bond acceptors (Lipinski definition) is 4. The largest absolute Gasteiger partial charge is 0.493 e. The minimum absolute atomic E-state index is 0.286. The molecule has 0 unspecified atom stereocenters. The normalized spacial score (nSPS) is 15.9. The molecule has 0 saturated carbocycles. The number of carbonyl (C=O) groups is 2. The van der Waals surface area contributed by atoms with E-state index in [0.717, 1.165) is 22.4 Å². The molecule has 7 heteroatoms. The molecule has 3 N–H and O–H groups in total. The molecule has 0 bridgehead atoms. The van der Waals surface area contributed by atoms with Crippen molar-refractivity contribution in [3.63, 3.8) is 0 Å². The zero-order valence-electron chi connectivity index (χ0n) is 17.9. The van der Waals surface area contributed by atoms with Gasteiger partial charge in [-0.3, -0.25) is 4.79 Å². The summed E-state index contributed by atoms with van der Waals surface area (Å²) in [6, 6.07) is 10.3. The summed E-state index contributed by atoms with van der Waals surface area (Å²) < 4.78 is 11.0. The summed E-state index contributed by atoms with van der Waals surface area (Å²) in [5, 5.41) is 8.52. The van der Waals surface area contributed by atoms with Gasteiger partial charge in [-0.2, -0.15) is 0 Å². The quantitative estimate of drug-likeness (QED) is 0.673. The van der Waals surface area contributed by atoms with E-state index in [2.05, 4.69) is 16.0 Å². The Kier molecular flexibility index (Phi) is 6.30. The number of carbonyl (C=O) groups excluding carboxylic acids is 2. The number of amides is 3. The molecule has 1 aliphatic rings. The molecule has 0 radical (unpaired) electrons. The molecule has 0 aromatic heterocycles. The lowest BCUT2D eigenvalue weighted by molar-refractivity contribution is -0.113. The summed E-state index contributed by atoms with van der Waals surface area (Å²) >= 11 is 0. The molecule has 2 aromatic rings. The second kappa shape index (κ2) is 8.90. The maximum absolute atomic E-state index is 13.2. The number of rotatable bonds is 6.